The average molecular weight is 229 g/mol. The molecule has 0 spiro atoms. The lowest BCUT2D eigenvalue weighted by Crippen LogP contribution is -2.12. The maximum Gasteiger partial charge on any atom is 0.171 e. The average Bonchev–Trinajstić information content (AvgIpc) is 1.99. The van der Waals surface area contributed by atoms with E-state index < -0.39 is 9.84 Å². The molecule has 0 unspecified atom stereocenters. The van der Waals surface area contributed by atoms with Gasteiger partial charge in [-0.3, -0.25) is 0 Å². The predicted octanol–water partition coefficient (Wildman–Crippen LogP) is 1.93. The summed E-state index contributed by atoms with van der Waals surface area (Å²) in [6.07, 6.45) is 8.67. The highest BCUT2D eigenvalue weighted by molar-refractivity contribution is 7.94. The van der Waals surface area contributed by atoms with E-state index in [1.807, 2.05) is 25.1 Å². The van der Waals surface area contributed by atoms with E-state index in [1.54, 1.807) is 6.08 Å². The number of rotatable bonds is 2. The smallest absolute Gasteiger partial charge is 0.171 e. The number of nitrogens with zero attached hydrogens (tertiary/aromatic N) is 1. The van der Waals surface area contributed by atoms with Gasteiger partial charge in [-0.1, -0.05) is 0 Å². The lowest BCUT2D eigenvalue weighted by molar-refractivity contribution is 0.475. The highest BCUT2D eigenvalue weighted by atomic mass is 32.2. The summed E-state index contributed by atoms with van der Waals surface area (Å²) in [6, 6.07) is 0. The zero-order valence-corrected chi connectivity index (χ0v) is 10.5. The Kier molecular flexibility index (Phi) is 3.97. The summed E-state index contributed by atoms with van der Waals surface area (Å²) in [5, 5.41) is 0. The largest absolute Gasteiger partial charge is 0.381 e. The molecule has 0 N–H and O–H groups in total. The number of allylic oxidation sites excluding steroid dienone is 4. The fourth-order valence-electron chi connectivity index (χ4n) is 1.64. The standard InChI is InChI=1S/C11H19NO2S/c1-12(2)10-6-4-5-7-11(9-8-10)15(3,13)14/h8-9H,4-7H2,1-3H3. The molecule has 0 amide bonds. The van der Waals surface area contributed by atoms with Crippen LogP contribution in [0.5, 0.6) is 0 Å². The summed E-state index contributed by atoms with van der Waals surface area (Å²) in [4.78, 5) is 2.60. The number of hydrogen-bond donors (Lipinski definition) is 0. The zero-order chi connectivity index (χ0) is 11.5. The molecule has 0 radical (unpaired) electrons. The molecule has 1 rings (SSSR count). The van der Waals surface area contributed by atoms with E-state index >= 15 is 0 Å². The van der Waals surface area contributed by atoms with E-state index in [0.717, 1.165) is 19.3 Å². The van der Waals surface area contributed by atoms with Crippen LogP contribution in [0.25, 0.3) is 0 Å². The van der Waals surface area contributed by atoms with Crippen molar-refractivity contribution in [1.82, 2.24) is 4.90 Å². The molecule has 0 saturated heterocycles. The predicted molar refractivity (Wildman–Crippen MR) is 63.2 cm³/mol. The van der Waals surface area contributed by atoms with Crippen LogP contribution in [0.4, 0.5) is 0 Å². The zero-order valence-electron chi connectivity index (χ0n) is 9.66. The third-order valence-electron chi connectivity index (χ3n) is 2.62. The van der Waals surface area contributed by atoms with Crippen molar-refractivity contribution in [1.29, 1.82) is 0 Å². The Morgan fingerprint density at radius 2 is 1.73 bits per heavy atom. The lowest BCUT2D eigenvalue weighted by atomic mass is 10.1. The van der Waals surface area contributed by atoms with Gasteiger partial charge in [-0.15, -0.1) is 0 Å². The molecule has 0 atom stereocenters. The van der Waals surface area contributed by atoms with Crippen molar-refractivity contribution in [3.05, 3.63) is 22.8 Å². The maximum atomic E-state index is 11.4. The minimum atomic E-state index is -3.02. The highest BCUT2D eigenvalue weighted by Crippen LogP contribution is 2.21. The fraction of sp³-hybridized carbons (Fsp3) is 0.636. The van der Waals surface area contributed by atoms with Crippen LogP contribution in [-0.4, -0.2) is 33.7 Å². The summed E-state index contributed by atoms with van der Waals surface area (Å²) in [6.45, 7) is 0. The van der Waals surface area contributed by atoms with E-state index in [4.69, 9.17) is 0 Å². The molecule has 0 heterocycles. The molecule has 0 aromatic carbocycles. The Morgan fingerprint density at radius 1 is 1.13 bits per heavy atom. The molecule has 4 heteroatoms. The molecule has 0 aromatic heterocycles. The second-order valence-corrected chi connectivity index (χ2v) is 6.23. The topological polar surface area (TPSA) is 37.4 Å². The minimum absolute atomic E-state index is 0.557. The van der Waals surface area contributed by atoms with Crippen molar-refractivity contribution >= 4 is 9.84 Å². The first-order valence-electron chi connectivity index (χ1n) is 5.18. The molecule has 0 saturated carbocycles. The molecule has 0 bridgehead atoms. The van der Waals surface area contributed by atoms with Crippen LogP contribution in [-0.2, 0) is 9.84 Å². The van der Waals surface area contributed by atoms with Gasteiger partial charge in [0.25, 0.3) is 0 Å². The van der Waals surface area contributed by atoms with Crippen LogP contribution in [0, 0.1) is 0 Å². The SMILES string of the molecule is CN(C)C1=CC=C(S(C)(=O)=O)CCCC1. The minimum Gasteiger partial charge on any atom is -0.381 e. The van der Waals surface area contributed by atoms with Gasteiger partial charge in [0.15, 0.2) is 9.84 Å². The van der Waals surface area contributed by atoms with Crippen molar-refractivity contribution in [2.75, 3.05) is 20.4 Å². The van der Waals surface area contributed by atoms with Crippen LogP contribution in [0.3, 0.4) is 0 Å². The van der Waals surface area contributed by atoms with Gasteiger partial charge < -0.3 is 4.90 Å². The van der Waals surface area contributed by atoms with Gasteiger partial charge in [0.2, 0.25) is 0 Å². The highest BCUT2D eigenvalue weighted by Gasteiger charge is 2.12. The maximum absolute atomic E-state index is 11.4. The summed E-state index contributed by atoms with van der Waals surface area (Å²) >= 11 is 0. The van der Waals surface area contributed by atoms with Gasteiger partial charge in [0.1, 0.15) is 0 Å². The quantitative estimate of drug-likeness (QED) is 0.726. The number of hydrogen-bond acceptors (Lipinski definition) is 3. The molecule has 15 heavy (non-hydrogen) atoms. The summed E-state index contributed by atoms with van der Waals surface area (Å²) in [5.41, 5.74) is 1.19. The summed E-state index contributed by atoms with van der Waals surface area (Å²) < 4.78 is 22.8. The van der Waals surface area contributed by atoms with Crippen LogP contribution in [0.15, 0.2) is 22.8 Å². The molecule has 1 aliphatic rings. The first kappa shape index (κ1) is 12.3. The Bertz CT molecular complexity index is 377. The van der Waals surface area contributed by atoms with Gasteiger partial charge in [0, 0.05) is 31.0 Å². The first-order chi connectivity index (χ1) is 6.91. The van der Waals surface area contributed by atoms with Gasteiger partial charge in [0.05, 0.1) is 0 Å². The van der Waals surface area contributed by atoms with Gasteiger partial charge in [-0.2, -0.15) is 0 Å². The van der Waals surface area contributed by atoms with E-state index in [1.165, 1.54) is 12.0 Å². The van der Waals surface area contributed by atoms with Gasteiger partial charge in [-0.25, -0.2) is 8.42 Å². The second kappa shape index (κ2) is 4.84. The Balaban J connectivity index is 2.99. The molecule has 3 nitrogen and oxygen atoms in total. The van der Waals surface area contributed by atoms with E-state index in [2.05, 4.69) is 0 Å². The molecule has 1 aliphatic carbocycles. The van der Waals surface area contributed by atoms with E-state index in [0.29, 0.717) is 11.3 Å². The van der Waals surface area contributed by atoms with E-state index in [9.17, 15) is 8.42 Å². The molecule has 0 aromatic rings. The van der Waals surface area contributed by atoms with E-state index in [-0.39, 0.29) is 0 Å². The van der Waals surface area contributed by atoms with Crippen molar-refractivity contribution < 1.29 is 8.42 Å². The number of sulfone groups is 1. The van der Waals surface area contributed by atoms with Crippen LogP contribution in [0.2, 0.25) is 0 Å². The molecule has 0 aliphatic heterocycles. The Hall–Kier alpha value is -0.770. The van der Waals surface area contributed by atoms with Crippen LogP contribution < -0.4 is 0 Å². The van der Waals surface area contributed by atoms with Crippen molar-refractivity contribution in [2.24, 2.45) is 0 Å². The van der Waals surface area contributed by atoms with Gasteiger partial charge in [-0.05, 0) is 37.8 Å². The molecule has 0 fully saturated rings. The normalized spacial score (nSPS) is 18.6. The first-order valence-corrected chi connectivity index (χ1v) is 7.07. The lowest BCUT2D eigenvalue weighted by Gasteiger charge is -2.18. The Labute approximate surface area is 92.4 Å². The molecular formula is C11H19NO2S. The third-order valence-corrected chi connectivity index (χ3v) is 3.91. The molecule has 86 valence electrons. The van der Waals surface area contributed by atoms with Crippen molar-refractivity contribution in [2.45, 2.75) is 25.7 Å². The van der Waals surface area contributed by atoms with Gasteiger partial charge >= 0.3 is 0 Å². The molecular weight excluding hydrogens is 210 g/mol. The monoisotopic (exact) mass is 229 g/mol. The van der Waals surface area contributed by atoms with Crippen molar-refractivity contribution in [3.8, 4) is 0 Å². The summed E-state index contributed by atoms with van der Waals surface area (Å²) in [7, 11) is 0.958. The fourth-order valence-corrected chi connectivity index (χ4v) is 2.47. The Morgan fingerprint density at radius 3 is 2.27 bits per heavy atom. The second-order valence-electron chi connectivity index (χ2n) is 4.16. The van der Waals surface area contributed by atoms with Crippen molar-refractivity contribution in [3.63, 3.8) is 0 Å². The van der Waals surface area contributed by atoms with Crippen LogP contribution in [0.1, 0.15) is 25.7 Å². The van der Waals surface area contributed by atoms with Crippen LogP contribution >= 0.6 is 0 Å². The third kappa shape index (κ3) is 3.70. The summed E-state index contributed by atoms with van der Waals surface area (Å²) in [5.74, 6) is 0.